The van der Waals surface area contributed by atoms with Crippen molar-refractivity contribution in [1.82, 2.24) is 40.1 Å². The average molecular weight is 900 g/mol. The molecule has 0 bridgehead atoms. The third kappa shape index (κ3) is 18.4. The predicted octanol–water partition coefficient (Wildman–Crippen LogP) is -0.194. The van der Waals surface area contributed by atoms with Crippen LogP contribution < -0.4 is 16.0 Å². The van der Waals surface area contributed by atoms with Crippen LogP contribution in [0, 0.1) is 3.57 Å². The van der Waals surface area contributed by atoms with Gasteiger partial charge in [-0.15, -0.1) is 0 Å². The summed E-state index contributed by atoms with van der Waals surface area (Å²) in [7, 11) is 1.94. The molecule has 1 unspecified atom stereocenters. The molecule has 55 heavy (non-hydrogen) atoms. The summed E-state index contributed by atoms with van der Waals surface area (Å²) < 4.78 is 0.951. The summed E-state index contributed by atoms with van der Waals surface area (Å²) in [6.07, 6.45) is 2.00. The van der Waals surface area contributed by atoms with Crippen LogP contribution >= 0.6 is 34.8 Å². The standard InChI is InChI=1S/C35H50IN9O9S/c1-41(10-8-37-34(54)29-7-4-26(36)19-39-29)11-9-38-35(55)40-27-5-2-25(3-6-27)18-28-20-44(23-32(50)51)15-14-42(21-30(46)47)12-13-43(22-31(48)49)16-17-45(28)24-33(52)53/h2-7,19,28H,8-18,20-24H2,1H3,(H,37,54)(H,46,47)(H,48,49)(H,50,51)(H,52,53)(H2,38,40,55). The maximum Gasteiger partial charge on any atom is 0.317 e. The molecule has 0 aliphatic carbocycles. The van der Waals surface area contributed by atoms with Gasteiger partial charge in [0.25, 0.3) is 5.91 Å². The second kappa shape index (κ2) is 23.8. The van der Waals surface area contributed by atoms with Gasteiger partial charge in [0.1, 0.15) is 5.69 Å². The number of rotatable bonds is 18. The van der Waals surface area contributed by atoms with E-state index in [0.717, 1.165) is 14.8 Å². The van der Waals surface area contributed by atoms with Crippen molar-refractivity contribution in [3.63, 3.8) is 0 Å². The first-order valence-electron chi connectivity index (χ1n) is 17.7. The molecule has 7 N–H and O–H groups in total. The smallest absolute Gasteiger partial charge is 0.317 e. The molecule has 1 aromatic carbocycles. The van der Waals surface area contributed by atoms with Gasteiger partial charge in [-0.3, -0.25) is 43.6 Å². The van der Waals surface area contributed by atoms with E-state index in [4.69, 9.17) is 12.2 Å². The van der Waals surface area contributed by atoms with Crippen LogP contribution in [0.2, 0.25) is 0 Å². The van der Waals surface area contributed by atoms with Gasteiger partial charge in [-0.2, -0.15) is 0 Å². The highest BCUT2D eigenvalue weighted by Gasteiger charge is 2.27. The minimum absolute atomic E-state index is 0.179. The Morgan fingerprint density at radius 1 is 0.764 bits per heavy atom. The summed E-state index contributed by atoms with van der Waals surface area (Å²) in [6.45, 7) is 2.54. The van der Waals surface area contributed by atoms with Crippen LogP contribution in [0.5, 0.6) is 0 Å². The summed E-state index contributed by atoms with van der Waals surface area (Å²) in [4.78, 5) is 72.2. The van der Waals surface area contributed by atoms with Crippen LogP contribution in [0.25, 0.3) is 0 Å². The fourth-order valence-corrected chi connectivity index (χ4v) is 6.50. The van der Waals surface area contributed by atoms with E-state index in [1.165, 1.54) is 0 Å². The molecule has 1 fully saturated rings. The Morgan fingerprint density at radius 2 is 1.29 bits per heavy atom. The molecule has 1 atom stereocenters. The summed E-state index contributed by atoms with van der Waals surface area (Å²) in [6, 6.07) is 10.5. The summed E-state index contributed by atoms with van der Waals surface area (Å²) >= 11 is 7.61. The molecule has 0 saturated carbocycles. The van der Waals surface area contributed by atoms with Crippen molar-refractivity contribution in [2.45, 2.75) is 12.5 Å². The predicted molar refractivity (Wildman–Crippen MR) is 216 cm³/mol. The maximum atomic E-state index is 12.3. The van der Waals surface area contributed by atoms with Gasteiger partial charge in [0, 0.05) is 93.5 Å². The van der Waals surface area contributed by atoms with Crippen molar-refractivity contribution in [1.29, 1.82) is 0 Å². The highest BCUT2D eigenvalue weighted by Crippen LogP contribution is 2.16. The molecule has 302 valence electrons. The highest BCUT2D eigenvalue weighted by molar-refractivity contribution is 14.1. The van der Waals surface area contributed by atoms with E-state index in [9.17, 15) is 44.4 Å². The molecular formula is C35H50IN9O9S. The number of aliphatic carboxylic acids is 4. The zero-order valence-electron chi connectivity index (χ0n) is 30.7. The highest BCUT2D eigenvalue weighted by atomic mass is 127. The lowest BCUT2D eigenvalue weighted by Gasteiger charge is -2.37. The molecule has 1 aliphatic heterocycles. The van der Waals surface area contributed by atoms with Crippen molar-refractivity contribution < 1.29 is 44.4 Å². The average Bonchev–Trinajstić information content (AvgIpc) is 3.10. The Bertz CT molecular complexity index is 1590. The van der Waals surface area contributed by atoms with E-state index in [1.807, 2.05) is 37.4 Å². The number of carbonyl (C=O) groups excluding carboxylic acids is 1. The molecular weight excluding hydrogens is 849 g/mol. The molecule has 20 heteroatoms. The number of carbonyl (C=O) groups is 5. The van der Waals surface area contributed by atoms with Crippen molar-refractivity contribution in [3.05, 3.63) is 57.4 Å². The van der Waals surface area contributed by atoms with Crippen LogP contribution in [0.1, 0.15) is 16.1 Å². The molecule has 3 rings (SSSR count). The molecule has 2 aromatic rings. The van der Waals surface area contributed by atoms with Gasteiger partial charge in [-0.25, -0.2) is 4.98 Å². The van der Waals surface area contributed by atoms with Gasteiger partial charge in [-0.1, -0.05) is 12.1 Å². The van der Waals surface area contributed by atoms with Crippen molar-refractivity contribution >= 4 is 75.4 Å². The van der Waals surface area contributed by atoms with Gasteiger partial charge in [0.05, 0.1) is 26.2 Å². The fraction of sp³-hybridized carbons (Fsp3) is 0.514. The van der Waals surface area contributed by atoms with Crippen molar-refractivity contribution in [2.24, 2.45) is 0 Å². The molecule has 1 saturated heterocycles. The van der Waals surface area contributed by atoms with E-state index in [0.29, 0.717) is 43.4 Å². The number of nitrogens with zero attached hydrogens (tertiary/aromatic N) is 6. The number of likely N-dealkylation sites (N-methyl/N-ethyl adjacent to an activating group) is 1. The summed E-state index contributed by atoms with van der Waals surface area (Å²) in [5, 5.41) is 48.1. The zero-order chi connectivity index (χ0) is 40.3. The number of nitrogens with one attached hydrogen (secondary N) is 3. The number of anilines is 1. The first kappa shape index (κ1) is 45.3. The van der Waals surface area contributed by atoms with Crippen LogP contribution in [0.4, 0.5) is 5.69 Å². The molecule has 1 aromatic heterocycles. The number of carboxylic acid groups (broad SMARTS) is 4. The van der Waals surface area contributed by atoms with Gasteiger partial charge < -0.3 is 41.3 Å². The van der Waals surface area contributed by atoms with E-state index in [-0.39, 0.29) is 77.9 Å². The molecule has 0 radical (unpaired) electrons. The van der Waals surface area contributed by atoms with Crippen molar-refractivity contribution in [3.8, 4) is 0 Å². The van der Waals surface area contributed by atoms with E-state index in [1.54, 1.807) is 31.9 Å². The lowest BCUT2D eigenvalue weighted by atomic mass is 10.0. The van der Waals surface area contributed by atoms with Gasteiger partial charge in [0.2, 0.25) is 0 Å². The molecule has 1 amide bonds. The largest absolute Gasteiger partial charge is 0.480 e. The van der Waals surface area contributed by atoms with Crippen LogP contribution in [-0.2, 0) is 25.6 Å². The molecule has 0 spiro atoms. The lowest BCUT2D eigenvalue weighted by Crippen LogP contribution is -2.53. The third-order valence-corrected chi connectivity index (χ3v) is 9.65. The van der Waals surface area contributed by atoms with Gasteiger partial charge >= 0.3 is 23.9 Å². The Labute approximate surface area is 339 Å². The first-order valence-corrected chi connectivity index (χ1v) is 19.2. The van der Waals surface area contributed by atoms with Crippen LogP contribution in [0.3, 0.4) is 0 Å². The SMILES string of the molecule is CN(CCNC(=O)c1ccc(I)cn1)CCNC(=S)Nc1ccc(CC2CN(CC(=O)O)CCN(CC(=O)O)CCN(CC(=O)O)CCN2CC(=O)O)cc1. The second-order valence-corrected chi connectivity index (χ2v) is 14.8. The number of amides is 1. The van der Waals surface area contributed by atoms with Gasteiger partial charge in [0.15, 0.2) is 5.11 Å². The maximum absolute atomic E-state index is 12.3. The van der Waals surface area contributed by atoms with Crippen molar-refractivity contribution in [2.75, 3.05) is 111 Å². The zero-order valence-corrected chi connectivity index (χ0v) is 33.7. The Kier molecular flexibility index (Phi) is 19.6. The molecule has 2 heterocycles. The number of thiocarbonyl (C=S) groups is 1. The quantitative estimate of drug-likeness (QED) is 0.0759. The fourth-order valence-electron chi connectivity index (χ4n) is 5.96. The first-order chi connectivity index (χ1) is 26.2. The van der Waals surface area contributed by atoms with E-state index < -0.39 is 29.9 Å². The second-order valence-electron chi connectivity index (χ2n) is 13.2. The number of benzene rings is 1. The van der Waals surface area contributed by atoms with Crippen LogP contribution in [0.15, 0.2) is 42.6 Å². The summed E-state index contributed by atoms with van der Waals surface area (Å²) in [5.41, 5.74) is 1.94. The topological polar surface area (TPSA) is 231 Å². The number of hydrogen-bond donors (Lipinski definition) is 7. The van der Waals surface area contributed by atoms with E-state index >= 15 is 0 Å². The monoisotopic (exact) mass is 899 g/mol. The third-order valence-electron chi connectivity index (χ3n) is 8.77. The summed E-state index contributed by atoms with van der Waals surface area (Å²) in [5.74, 6) is -4.49. The Balaban J connectivity index is 1.61. The molecule has 1 aliphatic rings. The Hall–Kier alpha value is -4.06. The number of aromatic nitrogens is 1. The number of hydrogen-bond acceptors (Lipinski definition) is 12. The number of pyridine rings is 1. The van der Waals surface area contributed by atoms with E-state index in [2.05, 4.69) is 48.4 Å². The molecule has 18 nitrogen and oxygen atoms in total. The minimum atomic E-state index is -1.08. The normalized spacial score (nSPS) is 16.7. The van der Waals surface area contributed by atoms with Gasteiger partial charge in [-0.05, 0) is 78.1 Å². The minimum Gasteiger partial charge on any atom is -0.480 e. The lowest BCUT2D eigenvalue weighted by molar-refractivity contribution is -0.142. The Morgan fingerprint density at radius 3 is 1.84 bits per heavy atom. The van der Waals surface area contributed by atoms with Crippen LogP contribution in [-0.4, -0.2) is 196 Å². The number of halogens is 1. The number of carboxylic acids is 4.